The molecule has 20 heavy (non-hydrogen) atoms. The van der Waals surface area contributed by atoms with Gasteiger partial charge in [-0.05, 0) is 0 Å². The highest BCUT2D eigenvalue weighted by Crippen LogP contribution is 2.18. The first-order chi connectivity index (χ1) is 8.99. The van der Waals surface area contributed by atoms with E-state index in [-0.39, 0.29) is 16.9 Å². The summed E-state index contributed by atoms with van der Waals surface area (Å²) in [7, 11) is -3.71. The zero-order chi connectivity index (χ0) is 15.6. The van der Waals surface area contributed by atoms with Gasteiger partial charge in [-0.1, -0.05) is 11.6 Å². The summed E-state index contributed by atoms with van der Waals surface area (Å²) in [5, 5.41) is 9.99. The molecule has 1 rings (SSSR count). The first-order valence-electron chi connectivity index (χ1n) is 5.06. The van der Waals surface area contributed by atoms with Crippen LogP contribution in [0, 0.1) is 0 Å². The van der Waals surface area contributed by atoms with E-state index in [1.165, 1.54) is 0 Å². The van der Waals surface area contributed by atoms with Crippen LogP contribution in [0.25, 0.3) is 0 Å². The van der Waals surface area contributed by atoms with E-state index < -0.39 is 39.1 Å². The summed E-state index contributed by atoms with van der Waals surface area (Å²) in [4.78, 5) is 11.5. The molecule has 1 aromatic heterocycles. The molecule has 0 spiro atoms. The van der Waals surface area contributed by atoms with Crippen LogP contribution in [0.3, 0.4) is 0 Å². The monoisotopic (exact) mass is 334 g/mol. The molecule has 0 radical (unpaired) electrons. The minimum absolute atomic E-state index is 0.0706. The molecule has 0 bridgehead atoms. The maximum atomic E-state index is 12.1. The molecule has 0 atom stereocenters. The SMILES string of the molecule is NS(=O)(=O)CCNc1cnn(CC(F)(F)F)c(=O)c1Cl. The predicted octanol–water partition coefficient (Wildman–Crippen LogP) is 0.159. The molecule has 0 unspecified atom stereocenters. The normalized spacial score (nSPS) is 12.4. The van der Waals surface area contributed by atoms with E-state index in [9.17, 15) is 26.4 Å². The van der Waals surface area contributed by atoms with Crippen LogP contribution in [0.1, 0.15) is 0 Å². The molecule has 0 aliphatic heterocycles. The van der Waals surface area contributed by atoms with Gasteiger partial charge in [-0.25, -0.2) is 18.2 Å². The van der Waals surface area contributed by atoms with Crippen molar-refractivity contribution in [1.82, 2.24) is 9.78 Å². The Kier molecular flexibility index (Phi) is 5.00. The molecule has 0 aromatic carbocycles. The fourth-order valence-corrected chi connectivity index (χ4v) is 1.80. The molecule has 0 amide bonds. The maximum Gasteiger partial charge on any atom is 0.408 e. The van der Waals surface area contributed by atoms with Crippen LogP contribution in [0.2, 0.25) is 5.02 Å². The van der Waals surface area contributed by atoms with Crippen LogP contribution in [-0.4, -0.2) is 36.7 Å². The number of alkyl halides is 3. The van der Waals surface area contributed by atoms with E-state index in [0.717, 1.165) is 6.20 Å². The van der Waals surface area contributed by atoms with Gasteiger partial charge in [0.1, 0.15) is 11.6 Å². The summed E-state index contributed by atoms with van der Waals surface area (Å²) in [6.45, 7) is -1.73. The number of nitrogens with zero attached hydrogens (tertiary/aromatic N) is 2. The van der Waals surface area contributed by atoms with E-state index in [1.807, 2.05) is 0 Å². The second kappa shape index (κ2) is 5.97. The average Bonchev–Trinajstić information content (AvgIpc) is 2.25. The van der Waals surface area contributed by atoms with Crippen LogP contribution >= 0.6 is 11.6 Å². The molecule has 114 valence electrons. The van der Waals surface area contributed by atoms with Gasteiger partial charge in [-0.3, -0.25) is 4.79 Å². The molecule has 3 N–H and O–H groups in total. The Morgan fingerprint density at radius 3 is 2.55 bits per heavy atom. The topological polar surface area (TPSA) is 107 Å². The predicted molar refractivity (Wildman–Crippen MR) is 66.0 cm³/mol. The first-order valence-corrected chi connectivity index (χ1v) is 7.15. The Morgan fingerprint density at radius 2 is 2.05 bits per heavy atom. The van der Waals surface area contributed by atoms with E-state index in [2.05, 4.69) is 10.4 Å². The van der Waals surface area contributed by atoms with Gasteiger partial charge in [-0.2, -0.15) is 18.3 Å². The van der Waals surface area contributed by atoms with Crippen molar-refractivity contribution in [3.8, 4) is 0 Å². The van der Waals surface area contributed by atoms with Gasteiger partial charge in [-0.15, -0.1) is 0 Å². The Bertz CT molecular complexity index is 643. The van der Waals surface area contributed by atoms with Gasteiger partial charge in [0.25, 0.3) is 5.56 Å². The van der Waals surface area contributed by atoms with Crippen LogP contribution in [0.5, 0.6) is 0 Å². The Morgan fingerprint density at radius 1 is 1.45 bits per heavy atom. The molecule has 1 heterocycles. The molecule has 0 aliphatic rings. The van der Waals surface area contributed by atoms with Crippen molar-refractivity contribution in [3.63, 3.8) is 0 Å². The first kappa shape index (κ1) is 16.7. The summed E-state index contributed by atoms with van der Waals surface area (Å²) >= 11 is 5.59. The van der Waals surface area contributed by atoms with Gasteiger partial charge >= 0.3 is 6.18 Å². The van der Waals surface area contributed by atoms with Crippen molar-refractivity contribution in [2.24, 2.45) is 5.14 Å². The smallest absolute Gasteiger partial charge is 0.381 e. The number of nitrogens with one attached hydrogen (secondary N) is 1. The summed E-state index contributed by atoms with van der Waals surface area (Å²) in [6.07, 6.45) is -3.71. The van der Waals surface area contributed by atoms with Crippen molar-refractivity contribution < 1.29 is 21.6 Å². The molecule has 0 saturated carbocycles. The quantitative estimate of drug-likeness (QED) is 0.797. The summed E-state index contributed by atoms with van der Waals surface area (Å²) in [6, 6.07) is 0. The lowest BCUT2D eigenvalue weighted by Crippen LogP contribution is -2.31. The number of anilines is 1. The van der Waals surface area contributed by atoms with Crippen LogP contribution in [-0.2, 0) is 16.6 Å². The zero-order valence-electron chi connectivity index (χ0n) is 9.82. The van der Waals surface area contributed by atoms with Crippen molar-refractivity contribution in [3.05, 3.63) is 21.6 Å². The highest BCUT2D eigenvalue weighted by molar-refractivity contribution is 7.89. The second-order valence-corrected chi connectivity index (χ2v) is 5.86. The van der Waals surface area contributed by atoms with Crippen molar-refractivity contribution in [2.75, 3.05) is 17.6 Å². The number of rotatable bonds is 5. The van der Waals surface area contributed by atoms with E-state index in [0.29, 0.717) is 0 Å². The number of nitrogens with two attached hydrogens (primary N) is 1. The molecule has 0 aliphatic carbocycles. The minimum Gasteiger partial charge on any atom is -0.381 e. The third kappa shape index (κ3) is 5.35. The molecule has 0 saturated heterocycles. The molecule has 7 nitrogen and oxygen atoms in total. The summed E-state index contributed by atoms with van der Waals surface area (Å²) in [5.41, 5.74) is -1.21. The minimum atomic E-state index is -4.61. The van der Waals surface area contributed by atoms with Gasteiger partial charge in [0.05, 0.1) is 17.6 Å². The number of hydrogen-bond donors (Lipinski definition) is 2. The summed E-state index contributed by atoms with van der Waals surface area (Å²) in [5.74, 6) is -0.436. The average molecular weight is 335 g/mol. The zero-order valence-corrected chi connectivity index (χ0v) is 11.4. The van der Waals surface area contributed by atoms with Crippen molar-refractivity contribution >= 4 is 27.3 Å². The number of sulfonamides is 1. The third-order valence-corrected chi connectivity index (χ3v) is 3.15. The van der Waals surface area contributed by atoms with Gasteiger partial charge in [0.15, 0.2) is 0 Å². The second-order valence-electron chi connectivity index (χ2n) is 3.74. The van der Waals surface area contributed by atoms with E-state index >= 15 is 0 Å². The van der Waals surface area contributed by atoms with E-state index in [1.54, 1.807) is 0 Å². The van der Waals surface area contributed by atoms with E-state index in [4.69, 9.17) is 16.7 Å². The largest absolute Gasteiger partial charge is 0.408 e. The van der Waals surface area contributed by atoms with Crippen molar-refractivity contribution in [1.29, 1.82) is 0 Å². The van der Waals surface area contributed by atoms with Crippen LogP contribution in [0.15, 0.2) is 11.0 Å². The number of hydrogen-bond acceptors (Lipinski definition) is 5. The number of aromatic nitrogens is 2. The van der Waals surface area contributed by atoms with Crippen molar-refractivity contribution in [2.45, 2.75) is 12.7 Å². The standard InChI is InChI=1S/C8H10ClF3N4O3S/c9-6-5(14-1-2-20(13,18)19)3-15-16(7(6)17)4-8(10,11)12/h3,14H,1-2,4H2,(H2,13,18,19). The summed E-state index contributed by atoms with van der Waals surface area (Å²) < 4.78 is 58.0. The highest BCUT2D eigenvalue weighted by atomic mass is 35.5. The highest BCUT2D eigenvalue weighted by Gasteiger charge is 2.29. The molecule has 12 heteroatoms. The molecule has 1 aromatic rings. The fraction of sp³-hybridized carbons (Fsp3) is 0.500. The maximum absolute atomic E-state index is 12.1. The molecule has 0 fully saturated rings. The molecular formula is C8H10ClF3N4O3S. The van der Waals surface area contributed by atoms with Crippen LogP contribution < -0.4 is 16.0 Å². The Labute approximate surface area is 116 Å². The van der Waals surface area contributed by atoms with Gasteiger partial charge in [0.2, 0.25) is 10.0 Å². The molecular weight excluding hydrogens is 325 g/mol. The van der Waals surface area contributed by atoms with Gasteiger partial charge < -0.3 is 5.32 Å². The Hall–Kier alpha value is -1.33. The lowest BCUT2D eigenvalue weighted by Gasteiger charge is -2.11. The van der Waals surface area contributed by atoms with Gasteiger partial charge in [0, 0.05) is 6.54 Å². The number of halogens is 4. The fourth-order valence-electron chi connectivity index (χ4n) is 1.20. The third-order valence-electron chi connectivity index (χ3n) is 2.02. The Balaban J connectivity index is 2.87. The lowest BCUT2D eigenvalue weighted by atomic mass is 10.4. The van der Waals surface area contributed by atoms with Crippen LogP contribution in [0.4, 0.5) is 18.9 Å². The number of primary sulfonamides is 1. The lowest BCUT2D eigenvalue weighted by molar-refractivity contribution is -0.143.